The largest absolute Gasteiger partial charge is 0.340 e. The third-order valence-corrected chi connectivity index (χ3v) is 5.18. The van der Waals surface area contributed by atoms with Crippen LogP contribution in [-0.2, 0) is 9.59 Å². The number of rotatable bonds is 5. The summed E-state index contributed by atoms with van der Waals surface area (Å²) in [5.41, 5.74) is -0.722. The molecule has 4 nitrogen and oxygen atoms in total. The number of carbonyl (C=O) groups excluding carboxylic acids is 2. The van der Waals surface area contributed by atoms with Crippen molar-refractivity contribution in [2.45, 2.75) is 51.6 Å². The van der Waals surface area contributed by atoms with Gasteiger partial charge in [-0.25, -0.2) is 0 Å². The molecule has 0 aliphatic carbocycles. The van der Waals surface area contributed by atoms with Crippen LogP contribution in [0.2, 0.25) is 0 Å². The summed E-state index contributed by atoms with van der Waals surface area (Å²) >= 11 is 1.64. The average Bonchev–Trinajstić information content (AvgIpc) is 2.97. The lowest BCUT2D eigenvalue weighted by Crippen LogP contribution is -2.66. The second-order valence-corrected chi connectivity index (χ2v) is 6.19. The zero-order valence-electron chi connectivity index (χ0n) is 12.3. The Bertz CT molecular complexity index is 480. The van der Waals surface area contributed by atoms with E-state index < -0.39 is 5.54 Å². The molecule has 0 radical (unpaired) electrons. The zero-order valence-corrected chi connectivity index (χ0v) is 13.1. The predicted octanol–water partition coefficient (Wildman–Crippen LogP) is 2.72. The van der Waals surface area contributed by atoms with Crippen molar-refractivity contribution in [2.75, 3.05) is 6.54 Å². The molecule has 1 saturated heterocycles. The molecule has 1 aliphatic heterocycles. The Morgan fingerprint density at radius 3 is 2.55 bits per heavy atom. The summed E-state index contributed by atoms with van der Waals surface area (Å²) in [7, 11) is 0. The molecule has 1 N–H and O–H groups in total. The minimum Gasteiger partial charge on any atom is -0.340 e. The molecule has 1 aromatic heterocycles. The van der Waals surface area contributed by atoms with E-state index in [2.05, 4.69) is 12.2 Å². The minimum atomic E-state index is -0.722. The third-order valence-electron chi connectivity index (χ3n) is 4.20. The molecule has 2 heterocycles. The highest BCUT2D eigenvalue weighted by molar-refractivity contribution is 7.10. The van der Waals surface area contributed by atoms with Crippen LogP contribution < -0.4 is 5.32 Å². The van der Waals surface area contributed by atoms with Crippen molar-refractivity contribution < 1.29 is 9.59 Å². The number of amides is 2. The van der Waals surface area contributed by atoms with Crippen LogP contribution in [0.3, 0.4) is 0 Å². The Balaban J connectivity index is 2.34. The Morgan fingerprint density at radius 1 is 1.35 bits per heavy atom. The van der Waals surface area contributed by atoms with Gasteiger partial charge in [0.25, 0.3) is 0 Å². The van der Waals surface area contributed by atoms with Crippen LogP contribution in [0.25, 0.3) is 0 Å². The highest BCUT2D eigenvalue weighted by atomic mass is 32.1. The Morgan fingerprint density at radius 2 is 2.05 bits per heavy atom. The predicted molar refractivity (Wildman–Crippen MR) is 80.5 cm³/mol. The maximum atomic E-state index is 12.9. The van der Waals surface area contributed by atoms with Gasteiger partial charge in [0, 0.05) is 4.88 Å². The third kappa shape index (κ3) is 2.46. The number of nitrogens with one attached hydrogen (secondary N) is 1. The van der Waals surface area contributed by atoms with Gasteiger partial charge in [-0.3, -0.25) is 9.59 Å². The van der Waals surface area contributed by atoms with Crippen molar-refractivity contribution in [1.82, 2.24) is 10.2 Å². The van der Waals surface area contributed by atoms with E-state index in [1.165, 1.54) is 0 Å². The van der Waals surface area contributed by atoms with E-state index in [4.69, 9.17) is 0 Å². The molecule has 20 heavy (non-hydrogen) atoms. The van der Waals surface area contributed by atoms with E-state index >= 15 is 0 Å². The molecular weight excluding hydrogens is 272 g/mol. The van der Waals surface area contributed by atoms with Gasteiger partial charge in [0.05, 0.1) is 6.04 Å². The lowest BCUT2D eigenvalue weighted by atomic mass is 9.88. The normalized spacial score (nSPS) is 19.9. The fourth-order valence-corrected chi connectivity index (χ4v) is 3.82. The minimum absolute atomic E-state index is 0.00558. The molecule has 110 valence electrons. The molecule has 1 atom stereocenters. The molecule has 1 aliphatic rings. The zero-order chi connectivity index (χ0) is 14.8. The first-order valence-electron chi connectivity index (χ1n) is 7.23. The molecule has 1 fully saturated rings. The first-order chi connectivity index (χ1) is 9.57. The molecule has 5 heteroatoms. The quantitative estimate of drug-likeness (QED) is 0.907. The van der Waals surface area contributed by atoms with E-state index in [0.717, 1.165) is 11.3 Å². The van der Waals surface area contributed by atoms with Gasteiger partial charge >= 0.3 is 0 Å². The summed E-state index contributed by atoms with van der Waals surface area (Å²) in [5, 5.41) is 4.92. The van der Waals surface area contributed by atoms with Crippen molar-refractivity contribution in [3.05, 3.63) is 22.4 Å². The summed E-state index contributed by atoms with van der Waals surface area (Å²) in [6, 6.07) is 4.04. The molecular formula is C15H22N2O2S. The number of carbonyl (C=O) groups is 2. The van der Waals surface area contributed by atoms with Crippen LogP contribution >= 0.6 is 11.3 Å². The Kier molecular flexibility index (Phi) is 4.48. The number of piperazine rings is 1. The fraction of sp³-hybridized carbons (Fsp3) is 0.600. The number of hydrogen-bond donors (Lipinski definition) is 1. The van der Waals surface area contributed by atoms with E-state index in [0.29, 0.717) is 12.8 Å². The molecule has 0 bridgehead atoms. The molecule has 2 amide bonds. The summed E-state index contributed by atoms with van der Waals surface area (Å²) in [5.74, 6) is 0.00524. The van der Waals surface area contributed by atoms with Crippen molar-refractivity contribution >= 4 is 23.2 Å². The van der Waals surface area contributed by atoms with Crippen LogP contribution in [0.4, 0.5) is 0 Å². The topological polar surface area (TPSA) is 49.4 Å². The van der Waals surface area contributed by atoms with Gasteiger partial charge in [0.2, 0.25) is 11.8 Å². The van der Waals surface area contributed by atoms with Gasteiger partial charge in [-0.1, -0.05) is 26.8 Å². The van der Waals surface area contributed by atoms with Crippen LogP contribution in [0.15, 0.2) is 17.5 Å². The highest BCUT2D eigenvalue weighted by Crippen LogP contribution is 2.33. The summed E-state index contributed by atoms with van der Waals surface area (Å²) in [6.45, 7) is 6.13. The Hall–Kier alpha value is -1.36. The second kappa shape index (κ2) is 5.95. The van der Waals surface area contributed by atoms with E-state index in [1.807, 2.05) is 31.4 Å². The van der Waals surface area contributed by atoms with Gasteiger partial charge in [-0.15, -0.1) is 11.3 Å². The van der Waals surface area contributed by atoms with Crippen LogP contribution in [0.1, 0.15) is 51.0 Å². The van der Waals surface area contributed by atoms with E-state index in [9.17, 15) is 9.59 Å². The van der Waals surface area contributed by atoms with Gasteiger partial charge in [-0.2, -0.15) is 0 Å². The van der Waals surface area contributed by atoms with Gasteiger partial charge in [-0.05, 0) is 30.7 Å². The van der Waals surface area contributed by atoms with Crippen molar-refractivity contribution in [3.63, 3.8) is 0 Å². The molecule has 1 unspecified atom stereocenters. The smallest absolute Gasteiger partial charge is 0.249 e. The lowest BCUT2D eigenvalue weighted by Gasteiger charge is -2.44. The van der Waals surface area contributed by atoms with Crippen molar-refractivity contribution in [1.29, 1.82) is 0 Å². The standard InChI is InChI=1S/C15H22N2O2S/c1-4-11(12-8-7-9-20-12)17-10-13(18)16-15(5-2,6-3)14(17)19/h7-9,11H,4-6,10H2,1-3H3,(H,16,18). The monoisotopic (exact) mass is 294 g/mol. The van der Waals surface area contributed by atoms with Crippen molar-refractivity contribution in [3.8, 4) is 0 Å². The SMILES string of the molecule is CCC(c1cccs1)N1CC(=O)NC(CC)(CC)C1=O. The molecule has 2 rings (SSSR count). The number of nitrogens with zero attached hydrogens (tertiary/aromatic N) is 1. The lowest BCUT2D eigenvalue weighted by molar-refractivity contribution is -0.153. The van der Waals surface area contributed by atoms with E-state index in [1.54, 1.807) is 16.2 Å². The molecule has 0 spiro atoms. The highest BCUT2D eigenvalue weighted by Gasteiger charge is 2.46. The second-order valence-electron chi connectivity index (χ2n) is 5.21. The molecule has 0 aromatic carbocycles. The van der Waals surface area contributed by atoms with Gasteiger partial charge in [0.1, 0.15) is 12.1 Å². The summed E-state index contributed by atoms with van der Waals surface area (Å²) in [6.07, 6.45) is 2.08. The van der Waals surface area contributed by atoms with Crippen molar-refractivity contribution in [2.24, 2.45) is 0 Å². The van der Waals surface area contributed by atoms with Gasteiger partial charge in [0.15, 0.2) is 0 Å². The van der Waals surface area contributed by atoms with Crippen LogP contribution in [0.5, 0.6) is 0 Å². The van der Waals surface area contributed by atoms with Gasteiger partial charge < -0.3 is 10.2 Å². The maximum Gasteiger partial charge on any atom is 0.249 e. The van der Waals surface area contributed by atoms with Crippen LogP contribution in [0, 0.1) is 0 Å². The maximum absolute atomic E-state index is 12.9. The van der Waals surface area contributed by atoms with E-state index in [-0.39, 0.29) is 24.4 Å². The first kappa shape index (κ1) is 15.0. The Labute approximate surface area is 124 Å². The number of thiophene rings is 1. The fourth-order valence-electron chi connectivity index (χ4n) is 2.90. The molecule has 1 aromatic rings. The first-order valence-corrected chi connectivity index (χ1v) is 8.11. The average molecular weight is 294 g/mol. The van der Waals surface area contributed by atoms with Crippen LogP contribution in [-0.4, -0.2) is 28.8 Å². The summed E-state index contributed by atoms with van der Waals surface area (Å²) < 4.78 is 0. The summed E-state index contributed by atoms with van der Waals surface area (Å²) in [4.78, 5) is 27.8. The number of hydrogen-bond acceptors (Lipinski definition) is 3. The molecule has 0 saturated carbocycles.